The number of hydrogen-bond donors (Lipinski definition) is 2. The van der Waals surface area contributed by atoms with Crippen molar-refractivity contribution in [1.82, 2.24) is 4.72 Å². The van der Waals surface area contributed by atoms with Gasteiger partial charge in [0.1, 0.15) is 0 Å². The highest BCUT2D eigenvalue weighted by atomic mass is 32.2. The van der Waals surface area contributed by atoms with Gasteiger partial charge in [-0.15, -0.1) is 0 Å². The van der Waals surface area contributed by atoms with E-state index in [1.807, 2.05) is 0 Å². The average molecular weight is 206 g/mol. The Morgan fingerprint density at radius 2 is 1.77 bits per heavy atom. The number of nitrogens with one attached hydrogen (secondary N) is 1. The second-order valence-corrected chi connectivity index (χ2v) is 5.23. The molecule has 3 N–H and O–H groups in total. The van der Waals surface area contributed by atoms with Crippen molar-refractivity contribution in [2.24, 2.45) is 5.73 Å². The molecule has 0 aromatic heterocycles. The Kier molecular flexibility index (Phi) is 3.13. The van der Waals surface area contributed by atoms with E-state index >= 15 is 0 Å². The Hall–Kier alpha value is -0.780. The van der Waals surface area contributed by atoms with E-state index in [1.54, 1.807) is 4.72 Å². The third-order valence-corrected chi connectivity index (χ3v) is 4.07. The summed E-state index contributed by atoms with van der Waals surface area (Å²) in [5.41, 5.74) is 4.76. The lowest BCUT2D eigenvalue weighted by atomic mass is 10.0. The van der Waals surface area contributed by atoms with Gasteiger partial charge >= 0.3 is 6.03 Å². The van der Waals surface area contributed by atoms with Crippen LogP contribution in [0.3, 0.4) is 0 Å². The SMILES string of the molecule is NC(=O)NS(=O)(=O)C1CCCCC1. The van der Waals surface area contributed by atoms with Crippen LogP contribution in [0.25, 0.3) is 0 Å². The Morgan fingerprint density at radius 1 is 1.23 bits per heavy atom. The second-order valence-electron chi connectivity index (χ2n) is 3.27. The molecule has 0 heterocycles. The summed E-state index contributed by atoms with van der Waals surface area (Å²) in [6.45, 7) is 0. The van der Waals surface area contributed by atoms with Crippen LogP contribution in [0.5, 0.6) is 0 Å². The van der Waals surface area contributed by atoms with Gasteiger partial charge in [0.2, 0.25) is 10.0 Å². The van der Waals surface area contributed by atoms with Crippen LogP contribution in [-0.2, 0) is 10.0 Å². The zero-order chi connectivity index (χ0) is 9.90. The molecule has 1 aliphatic carbocycles. The molecule has 6 heteroatoms. The Bertz CT molecular complexity index is 280. The van der Waals surface area contributed by atoms with Crippen molar-refractivity contribution < 1.29 is 13.2 Å². The molecular formula is C7H14N2O3S. The lowest BCUT2D eigenvalue weighted by Gasteiger charge is -2.21. The van der Waals surface area contributed by atoms with Crippen LogP contribution in [0.15, 0.2) is 0 Å². The summed E-state index contributed by atoms with van der Waals surface area (Å²) >= 11 is 0. The molecule has 1 aliphatic rings. The summed E-state index contributed by atoms with van der Waals surface area (Å²) in [5, 5.41) is -0.436. The summed E-state index contributed by atoms with van der Waals surface area (Å²) in [4.78, 5) is 10.4. The number of sulfonamides is 1. The highest BCUT2D eigenvalue weighted by molar-refractivity contribution is 7.90. The third-order valence-electron chi connectivity index (χ3n) is 2.23. The zero-order valence-electron chi connectivity index (χ0n) is 7.32. The molecule has 0 atom stereocenters. The first-order valence-electron chi connectivity index (χ1n) is 4.33. The van der Waals surface area contributed by atoms with Crippen molar-refractivity contribution in [3.63, 3.8) is 0 Å². The second kappa shape index (κ2) is 3.95. The van der Waals surface area contributed by atoms with Gasteiger partial charge in [-0.1, -0.05) is 19.3 Å². The van der Waals surface area contributed by atoms with Crippen LogP contribution < -0.4 is 10.5 Å². The van der Waals surface area contributed by atoms with Crippen LogP contribution >= 0.6 is 0 Å². The van der Waals surface area contributed by atoms with Crippen LogP contribution in [0.4, 0.5) is 4.79 Å². The van der Waals surface area contributed by atoms with Crippen LogP contribution in [-0.4, -0.2) is 19.7 Å². The van der Waals surface area contributed by atoms with Crippen molar-refractivity contribution in [2.45, 2.75) is 37.4 Å². The van der Waals surface area contributed by atoms with E-state index in [4.69, 9.17) is 5.73 Å². The van der Waals surface area contributed by atoms with Crippen LogP contribution in [0.2, 0.25) is 0 Å². The van der Waals surface area contributed by atoms with Gasteiger partial charge in [0.25, 0.3) is 0 Å². The number of hydrogen-bond acceptors (Lipinski definition) is 3. The Balaban J connectivity index is 2.62. The highest BCUT2D eigenvalue weighted by Crippen LogP contribution is 2.22. The maximum Gasteiger partial charge on any atom is 0.325 e. The first-order valence-corrected chi connectivity index (χ1v) is 5.88. The van der Waals surface area contributed by atoms with Gasteiger partial charge in [-0.2, -0.15) is 0 Å². The molecule has 0 radical (unpaired) electrons. The third kappa shape index (κ3) is 2.87. The number of nitrogens with two attached hydrogens (primary N) is 1. The van der Waals surface area contributed by atoms with Gasteiger partial charge in [-0.05, 0) is 12.8 Å². The molecule has 0 aliphatic heterocycles. The molecular weight excluding hydrogens is 192 g/mol. The zero-order valence-corrected chi connectivity index (χ0v) is 8.14. The molecule has 5 nitrogen and oxygen atoms in total. The molecule has 0 saturated heterocycles. The molecule has 1 saturated carbocycles. The van der Waals surface area contributed by atoms with E-state index in [9.17, 15) is 13.2 Å². The molecule has 0 unspecified atom stereocenters. The summed E-state index contributed by atoms with van der Waals surface area (Å²) in [7, 11) is -3.51. The minimum atomic E-state index is -3.51. The molecule has 76 valence electrons. The quantitative estimate of drug-likeness (QED) is 0.681. The summed E-state index contributed by atoms with van der Waals surface area (Å²) < 4.78 is 24.6. The van der Waals surface area contributed by atoms with Gasteiger partial charge in [0.15, 0.2) is 0 Å². The van der Waals surface area contributed by atoms with E-state index in [0.717, 1.165) is 19.3 Å². The van der Waals surface area contributed by atoms with E-state index < -0.39 is 21.3 Å². The number of rotatable bonds is 2. The lowest BCUT2D eigenvalue weighted by Crippen LogP contribution is -2.41. The van der Waals surface area contributed by atoms with E-state index in [-0.39, 0.29) is 0 Å². The molecule has 13 heavy (non-hydrogen) atoms. The van der Waals surface area contributed by atoms with Gasteiger partial charge in [0, 0.05) is 0 Å². The minimum Gasteiger partial charge on any atom is -0.351 e. The van der Waals surface area contributed by atoms with Crippen molar-refractivity contribution in [3.8, 4) is 0 Å². The smallest absolute Gasteiger partial charge is 0.325 e. The summed E-state index contributed by atoms with van der Waals surface area (Å²) in [6.07, 6.45) is 4.14. The normalized spacial score (nSPS) is 19.7. The van der Waals surface area contributed by atoms with E-state index in [0.29, 0.717) is 12.8 Å². The summed E-state index contributed by atoms with van der Waals surface area (Å²) in [5.74, 6) is 0. The maximum atomic E-state index is 11.4. The predicted molar refractivity (Wildman–Crippen MR) is 48.5 cm³/mol. The van der Waals surface area contributed by atoms with Gasteiger partial charge < -0.3 is 5.73 Å². The van der Waals surface area contributed by atoms with Crippen molar-refractivity contribution >= 4 is 16.1 Å². The molecule has 1 rings (SSSR count). The fourth-order valence-corrected chi connectivity index (χ4v) is 3.00. The maximum absolute atomic E-state index is 11.4. The van der Waals surface area contributed by atoms with Crippen molar-refractivity contribution in [2.75, 3.05) is 0 Å². The van der Waals surface area contributed by atoms with Crippen LogP contribution in [0.1, 0.15) is 32.1 Å². The number of primary amides is 1. The molecule has 2 amide bonds. The fraction of sp³-hybridized carbons (Fsp3) is 0.857. The first kappa shape index (κ1) is 10.3. The van der Waals surface area contributed by atoms with Gasteiger partial charge in [-0.25, -0.2) is 17.9 Å². The number of amides is 2. The van der Waals surface area contributed by atoms with Crippen molar-refractivity contribution in [3.05, 3.63) is 0 Å². The largest absolute Gasteiger partial charge is 0.351 e. The summed E-state index contributed by atoms with van der Waals surface area (Å²) in [6, 6.07) is -0.995. The predicted octanol–water partition coefficient (Wildman–Crippen LogP) is 0.317. The van der Waals surface area contributed by atoms with E-state index in [2.05, 4.69) is 0 Å². The highest BCUT2D eigenvalue weighted by Gasteiger charge is 2.27. The fourth-order valence-electron chi connectivity index (χ4n) is 1.60. The van der Waals surface area contributed by atoms with Gasteiger partial charge in [-0.3, -0.25) is 0 Å². The number of urea groups is 1. The van der Waals surface area contributed by atoms with Crippen molar-refractivity contribution in [1.29, 1.82) is 0 Å². The molecule has 0 spiro atoms. The average Bonchev–Trinajstić information content (AvgIpc) is 2.04. The standard InChI is InChI=1S/C7H14N2O3S/c8-7(10)9-13(11,12)6-4-2-1-3-5-6/h6H,1-5H2,(H3,8,9,10). The Morgan fingerprint density at radius 3 is 2.23 bits per heavy atom. The number of carbonyl (C=O) groups is 1. The molecule has 0 bridgehead atoms. The first-order chi connectivity index (χ1) is 6.02. The molecule has 0 aromatic carbocycles. The molecule has 1 fully saturated rings. The monoisotopic (exact) mass is 206 g/mol. The van der Waals surface area contributed by atoms with E-state index in [1.165, 1.54) is 0 Å². The van der Waals surface area contributed by atoms with Gasteiger partial charge in [0.05, 0.1) is 5.25 Å². The lowest BCUT2D eigenvalue weighted by molar-refractivity contribution is 0.253. The molecule has 0 aromatic rings. The van der Waals surface area contributed by atoms with Crippen LogP contribution in [0, 0.1) is 0 Å². The topological polar surface area (TPSA) is 89.3 Å². The minimum absolute atomic E-state index is 0.436. The Labute approximate surface area is 77.7 Å². The number of carbonyl (C=O) groups excluding carboxylic acids is 1.